The average molecular weight is 423 g/mol. The van der Waals surface area contributed by atoms with Crippen molar-refractivity contribution >= 4 is 17.9 Å². The highest BCUT2D eigenvalue weighted by molar-refractivity contribution is 6.09. The standard InChI is InChI=1S/C25H30N2O4/c1-2-3-4-5-6-13-18-22(28)31-19-27-23(29)25(26-24(27)30,20-14-9-7-10-15-20)21-16-11-8-12-17-21/h7-12,14-17H,2-6,13,18-19H2,1H3,(H,26,30). The molecule has 164 valence electrons. The molecule has 0 spiro atoms. The van der Waals surface area contributed by atoms with Crippen molar-refractivity contribution in [3.8, 4) is 0 Å². The number of nitrogens with zero attached hydrogens (tertiary/aromatic N) is 1. The van der Waals surface area contributed by atoms with Crippen molar-refractivity contribution in [3.05, 3.63) is 71.8 Å². The van der Waals surface area contributed by atoms with E-state index in [-0.39, 0.29) is 13.2 Å². The molecule has 0 atom stereocenters. The molecule has 3 rings (SSSR count). The van der Waals surface area contributed by atoms with Gasteiger partial charge in [-0.2, -0.15) is 0 Å². The minimum absolute atomic E-state index is 0.290. The Labute approximate surface area is 183 Å². The van der Waals surface area contributed by atoms with E-state index in [1.54, 1.807) is 24.3 Å². The van der Waals surface area contributed by atoms with Gasteiger partial charge in [-0.15, -0.1) is 0 Å². The number of ether oxygens (including phenoxy) is 1. The second kappa shape index (κ2) is 10.8. The fourth-order valence-corrected chi connectivity index (χ4v) is 3.89. The van der Waals surface area contributed by atoms with Crippen LogP contribution in [0, 0.1) is 0 Å². The van der Waals surface area contributed by atoms with Gasteiger partial charge in [-0.3, -0.25) is 9.59 Å². The lowest BCUT2D eigenvalue weighted by Gasteiger charge is -2.27. The third-order valence-corrected chi connectivity index (χ3v) is 5.61. The zero-order valence-corrected chi connectivity index (χ0v) is 18.0. The highest BCUT2D eigenvalue weighted by Crippen LogP contribution is 2.35. The van der Waals surface area contributed by atoms with Crippen LogP contribution in [0.15, 0.2) is 60.7 Å². The van der Waals surface area contributed by atoms with Gasteiger partial charge in [0.25, 0.3) is 5.91 Å². The van der Waals surface area contributed by atoms with Crippen LogP contribution < -0.4 is 5.32 Å². The molecule has 0 saturated carbocycles. The van der Waals surface area contributed by atoms with Crippen LogP contribution in [0.4, 0.5) is 4.79 Å². The molecule has 1 saturated heterocycles. The monoisotopic (exact) mass is 422 g/mol. The molecule has 0 aliphatic carbocycles. The lowest BCUT2D eigenvalue weighted by molar-refractivity contribution is -0.150. The number of benzene rings is 2. The molecule has 0 aromatic heterocycles. The number of nitrogens with one attached hydrogen (secondary N) is 1. The molecule has 1 aliphatic heterocycles. The number of carbonyl (C=O) groups excluding carboxylic acids is 3. The molecule has 0 unspecified atom stereocenters. The number of imide groups is 1. The van der Waals surface area contributed by atoms with Gasteiger partial charge in [0.1, 0.15) is 0 Å². The third kappa shape index (κ3) is 5.13. The maximum absolute atomic E-state index is 13.5. The maximum Gasteiger partial charge on any atom is 0.328 e. The van der Waals surface area contributed by atoms with Gasteiger partial charge < -0.3 is 10.1 Å². The lowest BCUT2D eigenvalue weighted by Crippen LogP contribution is -2.45. The normalized spacial score (nSPS) is 15.1. The number of unbranched alkanes of at least 4 members (excludes halogenated alkanes) is 5. The zero-order chi connectivity index (χ0) is 22.1. The smallest absolute Gasteiger partial charge is 0.328 e. The van der Waals surface area contributed by atoms with E-state index < -0.39 is 23.4 Å². The van der Waals surface area contributed by atoms with E-state index in [9.17, 15) is 14.4 Å². The number of amides is 3. The summed E-state index contributed by atoms with van der Waals surface area (Å²) in [5.41, 5.74) is -0.0356. The first-order valence-corrected chi connectivity index (χ1v) is 11.0. The first-order valence-electron chi connectivity index (χ1n) is 11.0. The molecular formula is C25H30N2O4. The van der Waals surface area contributed by atoms with E-state index >= 15 is 0 Å². The van der Waals surface area contributed by atoms with E-state index in [0.717, 1.165) is 24.2 Å². The van der Waals surface area contributed by atoms with E-state index in [4.69, 9.17) is 4.74 Å². The Morgan fingerprint density at radius 2 is 1.42 bits per heavy atom. The van der Waals surface area contributed by atoms with Gasteiger partial charge in [0.05, 0.1) is 0 Å². The Hall–Kier alpha value is -3.15. The highest BCUT2D eigenvalue weighted by atomic mass is 16.5. The van der Waals surface area contributed by atoms with Crippen LogP contribution in [-0.4, -0.2) is 29.5 Å². The Bertz CT molecular complexity index is 843. The molecule has 3 amide bonds. The summed E-state index contributed by atoms with van der Waals surface area (Å²) in [7, 11) is 0. The summed E-state index contributed by atoms with van der Waals surface area (Å²) >= 11 is 0. The van der Waals surface area contributed by atoms with Crippen molar-refractivity contribution in [2.45, 2.75) is 57.4 Å². The molecule has 1 N–H and O–H groups in total. The molecule has 2 aromatic rings. The summed E-state index contributed by atoms with van der Waals surface area (Å²) in [6.07, 6.45) is 6.69. The molecule has 2 aromatic carbocycles. The van der Waals surface area contributed by atoms with Crippen molar-refractivity contribution in [3.63, 3.8) is 0 Å². The zero-order valence-electron chi connectivity index (χ0n) is 18.0. The minimum atomic E-state index is -1.34. The van der Waals surface area contributed by atoms with Gasteiger partial charge in [0.2, 0.25) is 0 Å². The molecule has 1 aliphatic rings. The van der Waals surface area contributed by atoms with E-state index in [2.05, 4.69) is 12.2 Å². The van der Waals surface area contributed by atoms with Crippen molar-refractivity contribution in [2.75, 3.05) is 6.73 Å². The molecule has 6 heteroatoms. The summed E-state index contributed by atoms with van der Waals surface area (Å²) in [6, 6.07) is 17.6. The lowest BCUT2D eigenvalue weighted by atomic mass is 9.83. The Morgan fingerprint density at radius 3 is 2.00 bits per heavy atom. The molecule has 1 heterocycles. The van der Waals surface area contributed by atoms with Gasteiger partial charge in [-0.05, 0) is 17.5 Å². The van der Waals surface area contributed by atoms with E-state index in [0.29, 0.717) is 11.1 Å². The van der Waals surface area contributed by atoms with Gasteiger partial charge >= 0.3 is 12.0 Å². The van der Waals surface area contributed by atoms with E-state index in [1.165, 1.54) is 19.3 Å². The van der Waals surface area contributed by atoms with Gasteiger partial charge in [-0.1, -0.05) is 99.7 Å². The van der Waals surface area contributed by atoms with Crippen LogP contribution in [-0.2, 0) is 19.9 Å². The van der Waals surface area contributed by atoms with Crippen molar-refractivity contribution < 1.29 is 19.1 Å². The van der Waals surface area contributed by atoms with Crippen LogP contribution in [0.3, 0.4) is 0 Å². The second-order valence-corrected chi connectivity index (χ2v) is 7.81. The molecular weight excluding hydrogens is 392 g/mol. The molecule has 6 nitrogen and oxygen atoms in total. The number of esters is 1. The summed E-state index contributed by atoms with van der Waals surface area (Å²) in [6.45, 7) is 1.78. The Balaban J connectivity index is 1.67. The van der Waals surface area contributed by atoms with E-state index in [1.807, 2.05) is 36.4 Å². The molecule has 1 fully saturated rings. The predicted octanol–water partition coefficient (Wildman–Crippen LogP) is 4.73. The summed E-state index contributed by atoms with van der Waals surface area (Å²) in [5.74, 6) is -0.852. The van der Waals surface area contributed by atoms with Crippen LogP contribution in [0.2, 0.25) is 0 Å². The molecule has 0 radical (unpaired) electrons. The highest BCUT2D eigenvalue weighted by Gasteiger charge is 2.54. The van der Waals surface area contributed by atoms with Gasteiger partial charge in [-0.25, -0.2) is 9.69 Å². The van der Waals surface area contributed by atoms with Crippen LogP contribution in [0.5, 0.6) is 0 Å². The maximum atomic E-state index is 13.5. The molecule has 0 bridgehead atoms. The first-order chi connectivity index (χ1) is 15.1. The first kappa shape index (κ1) is 22.5. The second-order valence-electron chi connectivity index (χ2n) is 7.81. The number of hydrogen-bond donors (Lipinski definition) is 1. The van der Waals surface area contributed by atoms with Gasteiger partial charge in [0, 0.05) is 6.42 Å². The van der Waals surface area contributed by atoms with Crippen molar-refractivity contribution in [1.29, 1.82) is 0 Å². The van der Waals surface area contributed by atoms with Crippen molar-refractivity contribution in [2.24, 2.45) is 0 Å². The summed E-state index contributed by atoms with van der Waals surface area (Å²) in [5, 5.41) is 2.84. The molecule has 31 heavy (non-hydrogen) atoms. The SMILES string of the molecule is CCCCCCCCC(=O)OCN1C(=O)NC(c2ccccc2)(c2ccccc2)C1=O. The quantitative estimate of drug-likeness (QED) is 0.323. The number of rotatable bonds is 11. The van der Waals surface area contributed by atoms with Gasteiger partial charge in [0.15, 0.2) is 12.3 Å². The minimum Gasteiger partial charge on any atom is -0.444 e. The van der Waals surface area contributed by atoms with Crippen LogP contribution >= 0.6 is 0 Å². The number of carbonyl (C=O) groups is 3. The fourth-order valence-electron chi connectivity index (χ4n) is 3.89. The van der Waals surface area contributed by atoms with Crippen molar-refractivity contribution in [1.82, 2.24) is 10.2 Å². The Kier molecular flexibility index (Phi) is 7.82. The number of urea groups is 1. The topological polar surface area (TPSA) is 75.7 Å². The summed E-state index contributed by atoms with van der Waals surface area (Å²) in [4.78, 5) is 39.3. The number of hydrogen-bond acceptors (Lipinski definition) is 4. The fraction of sp³-hybridized carbons (Fsp3) is 0.400. The third-order valence-electron chi connectivity index (χ3n) is 5.61. The van der Waals surface area contributed by atoms with Crippen LogP contribution in [0.1, 0.15) is 63.0 Å². The predicted molar refractivity (Wildman–Crippen MR) is 118 cm³/mol. The summed E-state index contributed by atoms with van der Waals surface area (Å²) < 4.78 is 5.26. The largest absolute Gasteiger partial charge is 0.444 e. The van der Waals surface area contributed by atoms with Crippen LogP contribution in [0.25, 0.3) is 0 Å². The Morgan fingerprint density at radius 1 is 0.871 bits per heavy atom. The average Bonchev–Trinajstić information content (AvgIpc) is 3.06.